The zero-order valence-electron chi connectivity index (χ0n) is 17.0. The number of rotatable bonds is 9. The first-order chi connectivity index (χ1) is 12.7. The number of nitrogens with one attached hydrogen (secondary N) is 2. The highest BCUT2D eigenvalue weighted by molar-refractivity contribution is 5.80. The first kappa shape index (κ1) is 20.8. The topological polar surface area (TPSA) is 56.0 Å². The summed E-state index contributed by atoms with van der Waals surface area (Å²) in [7, 11) is 1.85. The van der Waals surface area contributed by atoms with Crippen LogP contribution in [-0.2, 0) is 0 Å². The fraction of sp³-hybridized carbons (Fsp3) is 0.750. The number of hydrogen-bond acceptors (Lipinski definition) is 4. The van der Waals surface area contributed by atoms with Crippen LogP contribution in [0.15, 0.2) is 27.8 Å². The van der Waals surface area contributed by atoms with Gasteiger partial charge in [-0.05, 0) is 51.0 Å². The highest BCUT2D eigenvalue weighted by atomic mass is 16.3. The fourth-order valence-electron chi connectivity index (χ4n) is 3.75. The molecule has 6 nitrogen and oxygen atoms in total. The monoisotopic (exact) mass is 363 g/mol. The standard InChI is InChI=1S/C20H37N5O/c1-5-12-24-13-10-17(11-14-24)23-20(21-4)22-16-18(25(6-2)7-3)19-9-8-15-26-19/h8-9,15,17-18H,5-7,10-14,16H2,1-4H3,(H2,21,22,23). The highest BCUT2D eigenvalue weighted by Crippen LogP contribution is 2.20. The molecular weight excluding hydrogens is 326 g/mol. The molecule has 0 saturated carbocycles. The molecule has 0 spiro atoms. The van der Waals surface area contributed by atoms with Crippen molar-refractivity contribution in [2.45, 2.75) is 52.1 Å². The number of furan rings is 1. The lowest BCUT2D eigenvalue weighted by molar-refractivity contribution is 0.192. The number of likely N-dealkylation sites (N-methyl/N-ethyl adjacent to an activating group) is 1. The maximum atomic E-state index is 5.68. The van der Waals surface area contributed by atoms with E-state index in [0.29, 0.717) is 6.04 Å². The van der Waals surface area contributed by atoms with Crippen LogP contribution in [0.4, 0.5) is 0 Å². The molecule has 1 unspecified atom stereocenters. The lowest BCUT2D eigenvalue weighted by atomic mass is 10.1. The Balaban J connectivity index is 1.86. The predicted octanol–water partition coefficient (Wildman–Crippen LogP) is 2.70. The molecule has 1 aliphatic heterocycles. The molecule has 1 aromatic heterocycles. The summed E-state index contributed by atoms with van der Waals surface area (Å²) in [6.07, 6.45) is 5.35. The van der Waals surface area contributed by atoms with Crippen molar-refractivity contribution in [2.24, 2.45) is 4.99 Å². The Morgan fingerprint density at radius 3 is 2.58 bits per heavy atom. The smallest absolute Gasteiger partial charge is 0.191 e. The summed E-state index contributed by atoms with van der Waals surface area (Å²) in [6, 6.07) is 4.74. The maximum Gasteiger partial charge on any atom is 0.191 e. The summed E-state index contributed by atoms with van der Waals surface area (Å²) in [4.78, 5) is 9.40. The van der Waals surface area contributed by atoms with E-state index in [9.17, 15) is 0 Å². The molecular formula is C20H37N5O. The number of hydrogen-bond donors (Lipinski definition) is 2. The van der Waals surface area contributed by atoms with Crippen LogP contribution in [0.3, 0.4) is 0 Å². The van der Waals surface area contributed by atoms with Gasteiger partial charge in [-0.25, -0.2) is 0 Å². The van der Waals surface area contributed by atoms with Crippen LogP contribution in [0.2, 0.25) is 0 Å². The van der Waals surface area contributed by atoms with Crippen LogP contribution < -0.4 is 10.6 Å². The quantitative estimate of drug-likeness (QED) is 0.522. The van der Waals surface area contributed by atoms with E-state index in [4.69, 9.17) is 4.42 Å². The Labute approximate surface area is 159 Å². The first-order valence-electron chi connectivity index (χ1n) is 10.2. The van der Waals surface area contributed by atoms with Crippen molar-refractivity contribution in [3.8, 4) is 0 Å². The van der Waals surface area contributed by atoms with E-state index in [1.54, 1.807) is 6.26 Å². The minimum Gasteiger partial charge on any atom is -0.468 e. The second-order valence-electron chi connectivity index (χ2n) is 6.97. The average molecular weight is 364 g/mol. The molecule has 1 saturated heterocycles. The molecule has 1 aromatic rings. The van der Waals surface area contributed by atoms with E-state index in [2.05, 4.69) is 52.3 Å². The number of piperidine rings is 1. The molecule has 26 heavy (non-hydrogen) atoms. The van der Waals surface area contributed by atoms with Gasteiger partial charge in [-0.15, -0.1) is 0 Å². The minimum absolute atomic E-state index is 0.213. The largest absolute Gasteiger partial charge is 0.468 e. The maximum absolute atomic E-state index is 5.68. The highest BCUT2D eigenvalue weighted by Gasteiger charge is 2.22. The Hall–Kier alpha value is -1.53. The van der Waals surface area contributed by atoms with Crippen molar-refractivity contribution >= 4 is 5.96 Å². The van der Waals surface area contributed by atoms with Gasteiger partial charge in [0.15, 0.2) is 5.96 Å². The van der Waals surface area contributed by atoms with Gasteiger partial charge in [0.25, 0.3) is 0 Å². The van der Waals surface area contributed by atoms with Gasteiger partial charge in [-0.2, -0.15) is 0 Å². The van der Waals surface area contributed by atoms with E-state index in [1.165, 1.54) is 38.9 Å². The fourth-order valence-corrected chi connectivity index (χ4v) is 3.75. The zero-order chi connectivity index (χ0) is 18.8. The van der Waals surface area contributed by atoms with Crippen molar-refractivity contribution in [2.75, 3.05) is 46.3 Å². The van der Waals surface area contributed by atoms with Crippen molar-refractivity contribution in [3.05, 3.63) is 24.2 Å². The van der Waals surface area contributed by atoms with Crippen molar-refractivity contribution in [1.29, 1.82) is 0 Å². The third kappa shape index (κ3) is 6.02. The first-order valence-corrected chi connectivity index (χ1v) is 10.2. The summed E-state index contributed by atoms with van der Waals surface area (Å²) >= 11 is 0. The van der Waals surface area contributed by atoms with Crippen LogP contribution in [0.25, 0.3) is 0 Å². The Kier molecular flexibility index (Phi) is 8.98. The molecule has 0 amide bonds. The molecule has 1 aliphatic rings. The molecule has 148 valence electrons. The van der Waals surface area contributed by atoms with Gasteiger partial charge < -0.3 is 20.0 Å². The van der Waals surface area contributed by atoms with E-state index in [-0.39, 0.29) is 6.04 Å². The van der Waals surface area contributed by atoms with E-state index in [1.807, 2.05) is 13.1 Å². The van der Waals surface area contributed by atoms with Crippen molar-refractivity contribution < 1.29 is 4.42 Å². The van der Waals surface area contributed by atoms with Gasteiger partial charge in [0.2, 0.25) is 0 Å². The van der Waals surface area contributed by atoms with Gasteiger partial charge in [0.05, 0.1) is 12.3 Å². The van der Waals surface area contributed by atoms with Crippen molar-refractivity contribution in [1.82, 2.24) is 20.4 Å². The minimum atomic E-state index is 0.213. The summed E-state index contributed by atoms with van der Waals surface area (Å²) in [6.45, 7) is 13.0. The third-order valence-electron chi connectivity index (χ3n) is 5.28. The summed E-state index contributed by atoms with van der Waals surface area (Å²) in [5.41, 5.74) is 0. The summed E-state index contributed by atoms with van der Waals surface area (Å²) in [5, 5.41) is 7.12. The van der Waals surface area contributed by atoms with Crippen LogP contribution >= 0.6 is 0 Å². The average Bonchev–Trinajstić information content (AvgIpc) is 3.20. The van der Waals surface area contributed by atoms with Gasteiger partial charge in [-0.1, -0.05) is 20.8 Å². The molecule has 2 rings (SSSR count). The van der Waals surface area contributed by atoms with Gasteiger partial charge in [-0.3, -0.25) is 9.89 Å². The summed E-state index contributed by atoms with van der Waals surface area (Å²) in [5.74, 6) is 1.90. The normalized spacial score (nSPS) is 18.3. The second kappa shape index (κ2) is 11.2. The van der Waals surface area contributed by atoms with Gasteiger partial charge in [0.1, 0.15) is 5.76 Å². The SMILES string of the molecule is CCCN1CCC(NC(=NC)NCC(c2ccco2)N(CC)CC)CC1. The molecule has 6 heteroatoms. The van der Waals surface area contributed by atoms with E-state index < -0.39 is 0 Å². The Morgan fingerprint density at radius 1 is 1.31 bits per heavy atom. The molecule has 0 aromatic carbocycles. The Bertz CT molecular complexity index is 504. The molecule has 0 aliphatic carbocycles. The third-order valence-corrected chi connectivity index (χ3v) is 5.28. The number of nitrogens with zero attached hydrogens (tertiary/aromatic N) is 3. The molecule has 0 bridgehead atoms. The van der Waals surface area contributed by atoms with E-state index in [0.717, 1.165) is 31.4 Å². The number of likely N-dealkylation sites (tertiary alicyclic amines) is 1. The summed E-state index contributed by atoms with van der Waals surface area (Å²) < 4.78 is 5.68. The van der Waals surface area contributed by atoms with Gasteiger partial charge in [0, 0.05) is 32.7 Å². The molecule has 0 radical (unpaired) electrons. The molecule has 2 N–H and O–H groups in total. The Morgan fingerprint density at radius 2 is 2.04 bits per heavy atom. The van der Waals surface area contributed by atoms with Crippen molar-refractivity contribution in [3.63, 3.8) is 0 Å². The van der Waals surface area contributed by atoms with Crippen LogP contribution in [0.1, 0.15) is 51.8 Å². The van der Waals surface area contributed by atoms with Crippen LogP contribution in [0.5, 0.6) is 0 Å². The van der Waals surface area contributed by atoms with Gasteiger partial charge >= 0.3 is 0 Å². The lowest BCUT2D eigenvalue weighted by Gasteiger charge is -2.33. The molecule has 1 fully saturated rings. The second-order valence-corrected chi connectivity index (χ2v) is 6.97. The zero-order valence-corrected chi connectivity index (χ0v) is 17.0. The molecule has 1 atom stereocenters. The molecule has 2 heterocycles. The number of aliphatic imine (C=N–C) groups is 1. The lowest BCUT2D eigenvalue weighted by Crippen LogP contribution is -2.50. The predicted molar refractivity (Wildman–Crippen MR) is 109 cm³/mol. The van der Waals surface area contributed by atoms with E-state index >= 15 is 0 Å². The van der Waals surface area contributed by atoms with Crippen LogP contribution in [0, 0.1) is 0 Å². The van der Waals surface area contributed by atoms with Crippen LogP contribution in [-0.4, -0.2) is 68.1 Å². The number of guanidine groups is 1.